The van der Waals surface area contributed by atoms with Crippen molar-refractivity contribution in [3.63, 3.8) is 0 Å². The Balaban J connectivity index is 0.994. The van der Waals surface area contributed by atoms with Gasteiger partial charge in [0, 0.05) is 53.8 Å². The number of aryl methyl sites for hydroxylation is 1. The van der Waals surface area contributed by atoms with E-state index in [2.05, 4.69) is 59.8 Å². The molecule has 3 aromatic heterocycles. The molecular formula is C45H61N9O5S. The maximum atomic E-state index is 10.7. The van der Waals surface area contributed by atoms with Gasteiger partial charge in [0.05, 0.1) is 35.1 Å². The summed E-state index contributed by atoms with van der Waals surface area (Å²) in [6.07, 6.45) is 7.53. The van der Waals surface area contributed by atoms with E-state index < -0.39 is 12.4 Å². The molecular weight excluding hydrogens is 779 g/mol. The van der Waals surface area contributed by atoms with Gasteiger partial charge in [-0.15, -0.1) is 10.2 Å². The molecule has 0 amide bonds. The van der Waals surface area contributed by atoms with Gasteiger partial charge in [-0.05, 0) is 131 Å². The van der Waals surface area contributed by atoms with Crippen molar-refractivity contribution in [1.29, 1.82) is 0 Å². The lowest BCUT2D eigenvalue weighted by Gasteiger charge is -2.69. The van der Waals surface area contributed by atoms with E-state index in [1.54, 1.807) is 11.3 Å². The summed E-state index contributed by atoms with van der Waals surface area (Å²) in [5.74, 6) is 1.90. The van der Waals surface area contributed by atoms with E-state index in [-0.39, 0.29) is 34.1 Å². The molecule has 1 aliphatic heterocycles. The number of anilines is 4. The number of thiazole rings is 1. The molecule has 0 radical (unpaired) electrons. The highest BCUT2D eigenvalue weighted by Gasteiger charge is 2.66. The second-order valence-corrected chi connectivity index (χ2v) is 19.9. The van der Waals surface area contributed by atoms with Gasteiger partial charge < -0.3 is 46.4 Å². The van der Waals surface area contributed by atoms with Crippen LogP contribution in [0.1, 0.15) is 106 Å². The molecule has 4 fully saturated rings. The molecule has 14 nitrogen and oxygen atoms in total. The van der Waals surface area contributed by atoms with Gasteiger partial charge in [0.2, 0.25) is 0 Å². The molecule has 4 heterocycles. The van der Waals surface area contributed by atoms with Crippen LogP contribution in [0.15, 0.2) is 41.5 Å². The van der Waals surface area contributed by atoms with Crippen LogP contribution in [-0.2, 0) is 11.2 Å². The number of aromatic nitrogens is 4. The van der Waals surface area contributed by atoms with Gasteiger partial charge in [-0.1, -0.05) is 31.3 Å². The fourth-order valence-electron chi connectivity index (χ4n) is 11.9. The van der Waals surface area contributed by atoms with E-state index in [9.17, 15) is 15.3 Å². The molecule has 8 N–H and O–H groups in total. The Morgan fingerprint density at radius 1 is 1.02 bits per heavy atom. The van der Waals surface area contributed by atoms with Crippen molar-refractivity contribution in [1.82, 2.24) is 25.5 Å². The number of hydrogen-bond donors (Lipinski definition) is 7. The van der Waals surface area contributed by atoms with Gasteiger partial charge in [0.15, 0.2) is 23.1 Å². The van der Waals surface area contributed by atoms with Crippen LogP contribution in [0.25, 0.3) is 15.8 Å². The van der Waals surface area contributed by atoms with E-state index in [0.717, 1.165) is 82.7 Å². The number of aliphatic imine (C=N–C) groups is 1. The fourth-order valence-corrected chi connectivity index (χ4v) is 12.7. The lowest BCUT2D eigenvalue weighted by molar-refractivity contribution is -0.241. The number of allylic oxidation sites excluding steroid dienone is 1. The third kappa shape index (κ3) is 8.54. The van der Waals surface area contributed by atoms with E-state index >= 15 is 0 Å². The van der Waals surface area contributed by atoms with Crippen molar-refractivity contribution in [3.8, 4) is 0 Å². The summed E-state index contributed by atoms with van der Waals surface area (Å²) in [6, 6.07) is 9.98. The Morgan fingerprint density at radius 3 is 2.53 bits per heavy atom. The molecule has 4 aliphatic carbocycles. The zero-order valence-corrected chi connectivity index (χ0v) is 36.4. The highest BCUT2D eigenvalue weighted by molar-refractivity contribution is 7.22. The maximum Gasteiger partial charge on any atom is 0.196 e. The van der Waals surface area contributed by atoms with Crippen molar-refractivity contribution in [3.05, 3.63) is 64.5 Å². The molecule has 0 saturated heterocycles. The maximum absolute atomic E-state index is 10.7. The molecule has 0 spiro atoms. The number of nitrogens with zero attached hydrogens (tertiary/aromatic N) is 6. The Labute approximate surface area is 356 Å². The highest BCUT2D eigenvalue weighted by atomic mass is 32.1. The minimum atomic E-state index is -1.85. The monoisotopic (exact) mass is 839 g/mol. The molecule has 5 aliphatic rings. The summed E-state index contributed by atoms with van der Waals surface area (Å²) in [4.78, 5) is 16.8. The third-order valence-electron chi connectivity index (χ3n) is 13.3. The molecule has 322 valence electrons. The fraction of sp³-hybridized carbons (Fsp3) is 0.578. The molecule has 4 bridgehead atoms. The lowest BCUT2D eigenvalue weighted by Crippen LogP contribution is -2.64. The van der Waals surface area contributed by atoms with E-state index in [0.29, 0.717) is 67.8 Å². The number of hydrogen-bond acceptors (Lipinski definition) is 15. The summed E-state index contributed by atoms with van der Waals surface area (Å²) in [6.45, 7) is 13.8. The van der Waals surface area contributed by atoms with Crippen LogP contribution in [0.2, 0.25) is 0 Å². The summed E-state index contributed by atoms with van der Waals surface area (Å²) in [5.41, 5.74) is 12.5. The van der Waals surface area contributed by atoms with Crippen LogP contribution in [0.3, 0.4) is 0 Å². The average Bonchev–Trinajstić information content (AvgIpc) is 3.59. The third-order valence-corrected chi connectivity index (χ3v) is 14.2. The SMILES string of the molecule is CC(=NCC12CC3(C)CC(C)(C1)CC(OCCNCC[C@@H](O)CO)(C3)C2)C(=CN)c1ccc(N2CCCc3c2nnc(Nc2nc4cc(C)ccc4s2)c3C)nc1C(O)O. The smallest absolute Gasteiger partial charge is 0.196 e. The zero-order valence-electron chi connectivity index (χ0n) is 35.6. The van der Waals surface area contributed by atoms with Crippen LogP contribution >= 0.6 is 11.3 Å². The molecule has 1 aromatic carbocycles. The molecule has 60 heavy (non-hydrogen) atoms. The number of aliphatic hydroxyl groups excluding tert-OH is 3. The topological polar surface area (TPSA) is 207 Å². The van der Waals surface area contributed by atoms with E-state index in [1.807, 2.05) is 30.9 Å². The Hall–Kier alpha value is -4.09. The van der Waals surface area contributed by atoms with Crippen molar-refractivity contribution >= 4 is 55.4 Å². The van der Waals surface area contributed by atoms with Crippen LogP contribution in [0.4, 0.5) is 22.6 Å². The van der Waals surface area contributed by atoms with Crippen molar-refractivity contribution in [2.75, 3.05) is 49.6 Å². The lowest BCUT2D eigenvalue weighted by atomic mass is 9.39. The number of ether oxygens (including phenoxy) is 1. The highest BCUT2D eigenvalue weighted by Crippen LogP contribution is 2.71. The zero-order chi connectivity index (χ0) is 42.5. The standard InChI is InChI=1S/C45H61N9O5S/c1-27-8-10-35-34(17-27)49-41(60-35)51-38-28(2)31-7-6-15-54(39(31)53-52-38)36-11-9-32(37(50-36)40(57)58)33(18-46)29(3)48-26-44-21-42(4)20-43(5,22-44)24-45(23-42,25-44)59-16-14-47-13-12-30(56)19-55/h8-11,17-18,30,40,47,55-58H,6-7,12-16,19-26,46H2,1-5H3,(H,49,51,52)/t30-,42?,43?,44?,45?/m1/s1. The number of pyridine rings is 1. The van der Waals surface area contributed by atoms with Crippen LogP contribution < -0.4 is 21.3 Å². The summed E-state index contributed by atoms with van der Waals surface area (Å²) >= 11 is 1.58. The number of nitrogens with one attached hydrogen (secondary N) is 2. The number of fused-ring (bicyclic) bond motifs is 2. The van der Waals surface area contributed by atoms with Crippen molar-refractivity contribution < 1.29 is 25.2 Å². The normalized spacial score (nSPS) is 26.9. The number of rotatable bonds is 16. The van der Waals surface area contributed by atoms with Crippen LogP contribution in [-0.4, -0.2) is 97.4 Å². The van der Waals surface area contributed by atoms with Gasteiger partial charge in [0.25, 0.3) is 0 Å². The minimum Gasteiger partial charge on any atom is -0.404 e. The van der Waals surface area contributed by atoms with Gasteiger partial charge in [-0.25, -0.2) is 9.97 Å². The molecule has 4 aromatic rings. The van der Waals surface area contributed by atoms with Crippen molar-refractivity contribution in [2.45, 2.75) is 110 Å². The Morgan fingerprint density at radius 2 is 1.80 bits per heavy atom. The number of benzene rings is 1. The average molecular weight is 840 g/mol. The van der Waals surface area contributed by atoms with Crippen LogP contribution in [0, 0.1) is 30.1 Å². The van der Waals surface area contributed by atoms with E-state index in [4.69, 9.17) is 30.5 Å². The van der Waals surface area contributed by atoms with Crippen molar-refractivity contribution in [2.24, 2.45) is 27.0 Å². The Kier molecular flexibility index (Phi) is 11.8. The summed E-state index contributed by atoms with van der Waals surface area (Å²) in [7, 11) is 0. The summed E-state index contributed by atoms with van der Waals surface area (Å²) in [5, 5.41) is 57.1. The summed E-state index contributed by atoms with van der Waals surface area (Å²) < 4.78 is 7.92. The predicted octanol–water partition coefficient (Wildman–Crippen LogP) is 6.14. The molecule has 2 unspecified atom stereocenters. The minimum absolute atomic E-state index is 0.0248. The first-order valence-corrected chi connectivity index (χ1v) is 22.2. The first-order valence-electron chi connectivity index (χ1n) is 21.4. The van der Waals surface area contributed by atoms with E-state index in [1.165, 1.54) is 12.6 Å². The van der Waals surface area contributed by atoms with Gasteiger partial charge in [-0.2, -0.15) is 0 Å². The Bertz CT molecular complexity index is 2280. The van der Waals surface area contributed by atoms with Gasteiger partial charge >= 0.3 is 0 Å². The van der Waals surface area contributed by atoms with Crippen LogP contribution in [0.5, 0.6) is 0 Å². The first-order chi connectivity index (χ1) is 28.6. The second-order valence-electron chi connectivity index (χ2n) is 18.9. The molecule has 9 rings (SSSR count). The number of nitrogens with two attached hydrogens (primary N) is 1. The largest absolute Gasteiger partial charge is 0.404 e. The quantitative estimate of drug-likeness (QED) is 0.0385. The number of aliphatic hydroxyl groups is 4. The molecule has 15 heteroatoms. The second kappa shape index (κ2) is 16.6. The molecule has 4 saturated carbocycles. The first kappa shape index (κ1) is 42.6. The predicted molar refractivity (Wildman–Crippen MR) is 237 cm³/mol. The van der Waals surface area contributed by atoms with Gasteiger partial charge in [0.1, 0.15) is 11.5 Å². The molecule has 3 atom stereocenters. The van der Waals surface area contributed by atoms with Gasteiger partial charge in [-0.3, -0.25) is 4.99 Å².